The summed E-state index contributed by atoms with van der Waals surface area (Å²) in [5.74, 6) is -1.85. The van der Waals surface area contributed by atoms with Gasteiger partial charge < -0.3 is 15.2 Å². The van der Waals surface area contributed by atoms with Crippen molar-refractivity contribution in [2.45, 2.75) is 11.8 Å². The number of aryl methyl sites for hydroxylation is 1. The Morgan fingerprint density at radius 3 is 2.67 bits per heavy atom. The average Bonchev–Trinajstić information content (AvgIpc) is 2.80. The number of rotatable bonds is 8. The van der Waals surface area contributed by atoms with Gasteiger partial charge in [0.25, 0.3) is 0 Å². The van der Waals surface area contributed by atoms with Crippen molar-refractivity contribution in [2.75, 3.05) is 26.8 Å². The number of carboxylic acid groups (broad SMARTS) is 1. The van der Waals surface area contributed by atoms with Crippen LogP contribution in [0, 0.1) is 6.92 Å². The first-order chi connectivity index (χ1) is 9.79. The maximum Gasteiger partial charge on any atom is 0.347 e. The highest BCUT2D eigenvalue weighted by molar-refractivity contribution is 7.89. The van der Waals surface area contributed by atoms with Gasteiger partial charge in [0.05, 0.1) is 13.2 Å². The smallest absolute Gasteiger partial charge is 0.347 e. The summed E-state index contributed by atoms with van der Waals surface area (Å²) in [6.45, 7) is 1.59. The Hall–Kier alpha value is -1.49. The van der Waals surface area contributed by atoms with E-state index in [1.165, 1.54) is 19.4 Å². The van der Waals surface area contributed by atoms with E-state index < -0.39 is 28.4 Å². The summed E-state index contributed by atoms with van der Waals surface area (Å²) in [6.07, 6.45) is 0. The van der Waals surface area contributed by atoms with Crippen molar-refractivity contribution in [3.63, 3.8) is 0 Å². The third kappa shape index (κ3) is 4.77. The summed E-state index contributed by atoms with van der Waals surface area (Å²) in [5.41, 5.74) is 0.324. The van der Waals surface area contributed by atoms with Crippen LogP contribution in [0.4, 0.5) is 0 Å². The van der Waals surface area contributed by atoms with Crippen LogP contribution in [0.3, 0.4) is 0 Å². The third-order valence-electron chi connectivity index (χ3n) is 2.43. The molecule has 0 aliphatic rings. The molecule has 21 heavy (non-hydrogen) atoms. The minimum Gasteiger partial charge on any atom is -0.477 e. The number of aromatic carboxylic acids is 1. The maximum atomic E-state index is 12.1. The lowest BCUT2D eigenvalue weighted by Crippen LogP contribution is -2.38. The summed E-state index contributed by atoms with van der Waals surface area (Å²) in [4.78, 5) is 21.9. The zero-order valence-corrected chi connectivity index (χ0v) is 13.1. The summed E-state index contributed by atoms with van der Waals surface area (Å²) < 4.78 is 31.0. The van der Waals surface area contributed by atoms with Gasteiger partial charge in [-0.05, 0) is 17.9 Å². The van der Waals surface area contributed by atoms with Crippen molar-refractivity contribution >= 4 is 33.2 Å². The van der Waals surface area contributed by atoms with Gasteiger partial charge in [0.15, 0.2) is 0 Å². The van der Waals surface area contributed by atoms with Gasteiger partial charge in [-0.25, -0.2) is 17.9 Å². The number of nitrogens with one attached hydrogen (secondary N) is 2. The predicted molar refractivity (Wildman–Crippen MR) is 76.1 cm³/mol. The van der Waals surface area contributed by atoms with Crippen LogP contribution in [0.15, 0.2) is 10.3 Å². The molecule has 1 rings (SSSR count). The average molecular weight is 336 g/mol. The van der Waals surface area contributed by atoms with Gasteiger partial charge in [0.1, 0.15) is 9.77 Å². The number of amides is 1. The number of hydrogen-bond donors (Lipinski definition) is 3. The van der Waals surface area contributed by atoms with E-state index in [1.807, 2.05) is 0 Å². The number of sulfonamides is 1. The van der Waals surface area contributed by atoms with Crippen molar-refractivity contribution in [2.24, 2.45) is 0 Å². The van der Waals surface area contributed by atoms with Crippen LogP contribution in [-0.2, 0) is 19.6 Å². The normalized spacial score (nSPS) is 11.3. The van der Waals surface area contributed by atoms with Gasteiger partial charge in [0.2, 0.25) is 15.9 Å². The van der Waals surface area contributed by atoms with E-state index >= 15 is 0 Å². The first kappa shape index (κ1) is 17.6. The number of carbonyl (C=O) groups excluding carboxylic acids is 1. The Bertz CT molecular complexity index is 623. The molecule has 0 atom stereocenters. The van der Waals surface area contributed by atoms with E-state index in [4.69, 9.17) is 9.84 Å². The molecule has 118 valence electrons. The van der Waals surface area contributed by atoms with Crippen molar-refractivity contribution in [3.8, 4) is 0 Å². The quantitative estimate of drug-likeness (QED) is 0.565. The summed E-state index contributed by atoms with van der Waals surface area (Å²) in [5, 5.41) is 12.9. The van der Waals surface area contributed by atoms with E-state index in [0.29, 0.717) is 12.2 Å². The molecule has 1 aromatic rings. The Kier molecular flexibility index (Phi) is 6.27. The number of methoxy groups -OCH3 is 1. The zero-order valence-electron chi connectivity index (χ0n) is 11.5. The number of thiophene rings is 1. The monoisotopic (exact) mass is 336 g/mol. The SMILES string of the molecule is COCCNC(=O)CNS(=O)(=O)c1c(C)csc1C(=O)O. The van der Waals surface area contributed by atoms with Crippen LogP contribution in [0.25, 0.3) is 0 Å². The minimum absolute atomic E-state index is 0.259. The van der Waals surface area contributed by atoms with Crippen molar-refractivity contribution < 1.29 is 27.9 Å². The fourth-order valence-electron chi connectivity index (χ4n) is 1.50. The van der Waals surface area contributed by atoms with Crippen LogP contribution < -0.4 is 10.0 Å². The molecule has 0 unspecified atom stereocenters. The number of ether oxygens (including phenoxy) is 1. The molecule has 0 spiro atoms. The Labute approximate surface area is 126 Å². The van der Waals surface area contributed by atoms with Crippen molar-refractivity contribution in [3.05, 3.63) is 15.8 Å². The number of carbonyl (C=O) groups is 2. The fourth-order valence-corrected chi connectivity index (χ4v) is 4.11. The van der Waals surface area contributed by atoms with Crippen LogP contribution in [0.2, 0.25) is 0 Å². The highest BCUT2D eigenvalue weighted by Crippen LogP contribution is 2.26. The molecule has 0 fully saturated rings. The molecule has 8 nitrogen and oxygen atoms in total. The van der Waals surface area contributed by atoms with E-state index in [1.54, 1.807) is 0 Å². The third-order valence-corrected chi connectivity index (χ3v) is 5.24. The van der Waals surface area contributed by atoms with Gasteiger partial charge in [-0.2, -0.15) is 0 Å². The van der Waals surface area contributed by atoms with Gasteiger partial charge in [0, 0.05) is 13.7 Å². The van der Waals surface area contributed by atoms with Crippen molar-refractivity contribution in [1.82, 2.24) is 10.0 Å². The maximum absolute atomic E-state index is 12.1. The molecule has 0 radical (unpaired) electrons. The van der Waals surface area contributed by atoms with Gasteiger partial charge in [-0.1, -0.05) is 0 Å². The standard InChI is InChI=1S/C11H16N2O6S2/c1-7-6-20-9(11(15)16)10(7)21(17,18)13-5-8(14)12-3-4-19-2/h6,13H,3-5H2,1-2H3,(H,12,14)(H,15,16). The fraction of sp³-hybridized carbons (Fsp3) is 0.455. The topological polar surface area (TPSA) is 122 Å². The Balaban J connectivity index is 2.77. The molecule has 0 aromatic carbocycles. The summed E-state index contributed by atoms with van der Waals surface area (Å²) in [6, 6.07) is 0. The lowest BCUT2D eigenvalue weighted by Gasteiger charge is -2.08. The Morgan fingerprint density at radius 1 is 1.43 bits per heavy atom. The van der Waals surface area contributed by atoms with E-state index in [0.717, 1.165) is 11.3 Å². The molecule has 1 aromatic heterocycles. The lowest BCUT2D eigenvalue weighted by molar-refractivity contribution is -0.120. The molecule has 10 heteroatoms. The zero-order chi connectivity index (χ0) is 16.0. The molecule has 1 amide bonds. The van der Waals surface area contributed by atoms with Gasteiger partial charge in [-0.15, -0.1) is 11.3 Å². The lowest BCUT2D eigenvalue weighted by atomic mass is 10.3. The van der Waals surface area contributed by atoms with Crippen LogP contribution >= 0.6 is 11.3 Å². The number of carboxylic acids is 1. The highest BCUT2D eigenvalue weighted by Gasteiger charge is 2.27. The first-order valence-corrected chi connectivity index (χ1v) is 8.22. The second-order valence-corrected chi connectivity index (χ2v) is 6.63. The van der Waals surface area contributed by atoms with E-state index in [-0.39, 0.29) is 16.3 Å². The summed E-state index contributed by atoms with van der Waals surface area (Å²) >= 11 is 0.826. The minimum atomic E-state index is -4.06. The molecule has 0 aliphatic carbocycles. The van der Waals surface area contributed by atoms with Gasteiger partial charge in [-0.3, -0.25) is 4.79 Å². The molecule has 1 heterocycles. The van der Waals surface area contributed by atoms with E-state index in [2.05, 4.69) is 10.0 Å². The van der Waals surface area contributed by atoms with Crippen LogP contribution in [-0.4, -0.2) is 52.2 Å². The molecule has 0 saturated heterocycles. The second kappa shape index (κ2) is 7.50. The molecule has 0 saturated carbocycles. The molecule has 3 N–H and O–H groups in total. The van der Waals surface area contributed by atoms with Gasteiger partial charge >= 0.3 is 5.97 Å². The molecular formula is C11H16N2O6S2. The molecule has 0 bridgehead atoms. The van der Waals surface area contributed by atoms with E-state index in [9.17, 15) is 18.0 Å². The highest BCUT2D eigenvalue weighted by atomic mass is 32.2. The Morgan fingerprint density at radius 2 is 2.10 bits per heavy atom. The largest absolute Gasteiger partial charge is 0.477 e. The second-order valence-electron chi connectivity index (χ2n) is 4.05. The first-order valence-electron chi connectivity index (χ1n) is 5.86. The molecular weight excluding hydrogens is 320 g/mol. The van der Waals surface area contributed by atoms with Crippen LogP contribution in [0.5, 0.6) is 0 Å². The van der Waals surface area contributed by atoms with Crippen LogP contribution in [0.1, 0.15) is 15.2 Å². The van der Waals surface area contributed by atoms with Crippen molar-refractivity contribution in [1.29, 1.82) is 0 Å². The molecule has 0 aliphatic heterocycles. The summed E-state index contributed by atoms with van der Waals surface area (Å²) in [7, 11) is -2.59. The number of hydrogen-bond acceptors (Lipinski definition) is 6. The predicted octanol–water partition coefficient (Wildman–Crippen LogP) is -0.204.